The van der Waals surface area contributed by atoms with Gasteiger partial charge in [-0.05, 0) is 85.8 Å². The number of alkyl halides is 3. The number of carboxylic acids is 1. The minimum Gasteiger partial charge on any atom is -0.478 e. The Morgan fingerprint density at radius 1 is 0.959 bits per heavy atom. The lowest BCUT2D eigenvalue weighted by atomic mass is 10.0. The first kappa shape index (κ1) is 36.6. The molecule has 49 heavy (non-hydrogen) atoms. The molecule has 0 saturated heterocycles. The average Bonchev–Trinajstić information content (AvgIpc) is 3.05. The van der Waals surface area contributed by atoms with Crippen LogP contribution < -0.4 is 10.1 Å². The number of rotatable bonds is 11. The van der Waals surface area contributed by atoms with E-state index >= 15 is 0 Å². The molecule has 4 aromatic rings. The molecular weight excluding hydrogens is 663 g/mol. The van der Waals surface area contributed by atoms with Gasteiger partial charge in [-0.25, -0.2) is 4.79 Å². The summed E-state index contributed by atoms with van der Waals surface area (Å²) in [4.78, 5) is 56.5. The number of anilines is 1. The number of halogens is 4. The topological polar surface area (TPSA) is 126 Å². The molecule has 9 nitrogen and oxygen atoms in total. The highest BCUT2D eigenvalue weighted by Crippen LogP contribution is 2.33. The van der Waals surface area contributed by atoms with Crippen molar-refractivity contribution in [3.63, 3.8) is 0 Å². The number of ether oxygens (including phenoxy) is 1. The molecule has 0 saturated carbocycles. The van der Waals surface area contributed by atoms with Crippen molar-refractivity contribution in [2.24, 2.45) is 0 Å². The van der Waals surface area contributed by atoms with Gasteiger partial charge in [-0.15, -0.1) is 0 Å². The maximum atomic E-state index is 13.5. The highest BCUT2D eigenvalue weighted by molar-refractivity contribution is 6.32. The Balaban J connectivity index is 1.51. The molecule has 0 aliphatic heterocycles. The van der Waals surface area contributed by atoms with E-state index in [0.29, 0.717) is 41.6 Å². The van der Waals surface area contributed by atoms with Crippen LogP contribution in [0.1, 0.15) is 73.2 Å². The van der Waals surface area contributed by atoms with Crippen LogP contribution in [0.2, 0.25) is 5.02 Å². The molecule has 1 aromatic heterocycles. The molecule has 0 bridgehead atoms. The van der Waals surface area contributed by atoms with Crippen molar-refractivity contribution in [2.45, 2.75) is 45.7 Å². The van der Waals surface area contributed by atoms with E-state index in [4.69, 9.17) is 16.3 Å². The zero-order valence-corrected chi connectivity index (χ0v) is 27.8. The molecule has 2 amide bonds. The second-order valence-electron chi connectivity index (χ2n) is 11.4. The second-order valence-corrected chi connectivity index (χ2v) is 11.8. The van der Waals surface area contributed by atoms with Crippen LogP contribution in [-0.4, -0.2) is 52.8 Å². The van der Waals surface area contributed by atoms with Crippen molar-refractivity contribution in [1.29, 1.82) is 0 Å². The van der Waals surface area contributed by atoms with Gasteiger partial charge in [0.1, 0.15) is 0 Å². The normalized spacial score (nSPS) is 11.2. The number of carboxylic acid groups (broad SMARTS) is 1. The molecule has 4 rings (SSSR count). The largest absolute Gasteiger partial charge is 0.478 e. The van der Waals surface area contributed by atoms with Crippen LogP contribution in [0.4, 0.5) is 18.9 Å². The number of carbonyl (C=O) groups is 4. The van der Waals surface area contributed by atoms with Crippen molar-refractivity contribution < 1.29 is 42.2 Å². The summed E-state index contributed by atoms with van der Waals surface area (Å²) in [5.74, 6) is -2.62. The Morgan fingerprint density at radius 2 is 1.65 bits per heavy atom. The summed E-state index contributed by atoms with van der Waals surface area (Å²) >= 11 is 6.21. The van der Waals surface area contributed by atoms with E-state index in [1.807, 2.05) is 0 Å². The molecule has 1 heterocycles. The average molecular weight is 696 g/mol. The first-order valence-electron chi connectivity index (χ1n) is 15.2. The number of pyridine rings is 1. The monoisotopic (exact) mass is 695 g/mol. The third-order valence-electron chi connectivity index (χ3n) is 7.54. The number of amides is 2. The molecule has 2 N–H and O–H groups in total. The molecule has 0 aliphatic carbocycles. The first-order valence-corrected chi connectivity index (χ1v) is 15.5. The van der Waals surface area contributed by atoms with Crippen molar-refractivity contribution in [3.8, 4) is 17.0 Å². The third-order valence-corrected chi connectivity index (χ3v) is 7.82. The van der Waals surface area contributed by atoms with Gasteiger partial charge >= 0.3 is 18.1 Å². The Labute approximate surface area is 285 Å². The Hall–Kier alpha value is -5.23. The van der Waals surface area contributed by atoms with E-state index in [9.17, 15) is 37.5 Å². The summed E-state index contributed by atoms with van der Waals surface area (Å²) in [5.41, 5.74) is 1.87. The molecule has 0 spiro atoms. The standard InChI is InChI=1S/C36H33ClF3N3O6/c1-5-22-18-24(35(47)48)19-28(37)32(22)49-30(44)8-6-7-21-10-16-29(27(17-21)34(46)43(3)4)42-33(45)26-15-9-20(2)41-31(26)23-11-13-25(14-12-23)36(38,39)40/h9-19H,5-8H2,1-4H3,(H,42,45)(H,47,48). The van der Waals surface area contributed by atoms with Crippen LogP contribution in [0.15, 0.2) is 66.7 Å². The van der Waals surface area contributed by atoms with Crippen LogP contribution in [-0.2, 0) is 23.8 Å². The zero-order chi connectivity index (χ0) is 36.0. The molecule has 13 heteroatoms. The summed E-state index contributed by atoms with van der Waals surface area (Å²) in [6.07, 6.45) is -3.40. The summed E-state index contributed by atoms with van der Waals surface area (Å²) in [5, 5.41) is 12.0. The molecule has 256 valence electrons. The van der Waals surface area contributed by atoms with Gasteiger partial charge < -0.3 is 20.1 Å². The molecule has 0 fully saturated rings. The maximum Gasteiger partial charge on any atom is 0.416 e. The van der Waals surface area contributed by atoms with Crippen LogP contribution in [0.3, 0.4) is 0 Å². The number of benzene rings is 3. The smallest absolute Gasteiger partial charge is 0.416 e. The van der Waals surface area contributed by atoms with E-state index in [1.165, 1.54) is 35.2 Å². The lowest BCUT2D eigenvalue weighted by Gasteiger charge is -2.17. The predicted molar refractivity (Wildman–Crippen MR) is 178 cm³/mol. The predicted octanol–water partition coefficient (Wildman–Crippen LogP) is 7.87. The fraction of sp³-hybridized carbons (Fsp3) is 0.250. The summed E-state index contributed by atoms with van der Waals surface area (Å²) in [7, 11) is 3.11. The lowest BCUT2D eigenvalue weighted by Crippen LogP contribution is -2.24. The van der Waals surface area contributed by atoms with Gasteiger partial charge in [0.25, 0.3) is 11.8 Å². The Kier molecular flexibility index (Phi) is 11.5. The number of aryl methyl sites for hydroxylation is 3. The number of hydrogen-bond donors (Lipinski definition) is 2. The number of aromatic carboxylic acids is 1. The number of carbonyl (C=O) groups excluding carboxylic acids is 3. The van der Waals surface area contributed by atoms with E-state index in [2.05, 4.69) is 10.3 Å². The van der Waals surface area contributed by atoms with E-state index < -0.39 is 35.5 Å². The lowest BCUT2D eigenvalue weighted by molar-refractivity contribution is -0.137. The number of aromatic nitrogens is 1. The van der Waals surface area contributed by atoms with Crippen molar-refractivity contribution >= 4 is 41.0 Å². The minimum atomic E-state index is -4.52. The third kappa shape index (κ3) is 9.02. The fourth-order valence-electron chi connectivity index (χ4n) is 4.99. The van der Waals surface area contributed by atoms with Crippen molar-refractivity contribution in [1.82, 2.24) is 9.88 Å². The molecule has 0 unspecified atom stereocenters. The minimum absolute atomic E-state index is 0.00274. The summed E-state index contributed by atoms with van der Waals surface area (Å²) in [6, 6.07) is 15.0. The highest BCUT2D eigenvalue weighted by atomic mass is 35.5. The van der Waals surface area contributed by atoms with E-state index in [0.717, 1.165) is 12.1 Å². The molecule has 0 aliphatic rings. The second kappa shape index (κ2) is 15.3. The SMILES string of the molecule is CCc1cc(C(=O)O)cc(Cl)c1OC(=O)CCCc1ccc(NC(=O)c2ccc(C)nc2-c2ccc(C(F)(F)F)cc2)c(C(=O)N(C)C)c1. The first-order chi connectivity index (χ1) is 23.1. The van der Waals surface area contributed by atoms with Crippen molar-refractivity contribution in [3.05, 3.63) is 111 Å². The summed E-state index contributed by atoms with van der Waals surface area (Å²) in [6.45, 7) is 3.47. The van der Waals surface area contributed by atoms with E-state index in [1.54, 1.807) is 52.2 Å². The quantitative estimate of drug-likeness (QED) is 0.121. The van der Waals surface area contributed by atoms with Gasteiger partial charge in [-0.3, -0.25) is 19.4 Å². The molecule has 3 aromatic carbocycles. The number of esters is 1. The van der Waals surface area contributed by atoms with Gasteiger partial charge in [0, 0.05) is 31.8 Å². The number of nitrogens with zero attached hydrogens (tertiary/aromatic N) is 2. The van der Waals surface area contributed by atoms with Crippen LogP contribution in [0.5, 0.6) is 5.75 Å². The summed E-state index contributed by atoms with van der Waals surface area (Å²) < 4.78 is 44.9. The maximum absolute atomic E-state index is 13.5. The van der Waals surface area contributed by atoms with Gasteiger partial charge in [0.05, 0.1) is 38.7 Å². The fourth-order valence-corrected chi connectivity index (χ4v) is 5.27. The highest BCUT2D eigenvalue weighted by Gasteiger charge is 2.30. The van der Waals surface area contributed by atoms with Crippen LogP contribution >= 0.6 is 11.6 Å². The van der Waals surface area contributed by atoms with Crippen LogP contribution in [0.25, 0.3) is 11.3 Å². The van der Waals surface area contributed by atoms with Gasteiger partial charge in [0.15, 0.2) is 5.75 Å². The molecule has 0 atom stereocenters. The van der Waals surface area contributed by atoms with Crippen molar-refractivity contribution in [2.75, 3.05) is 19.4 Å². The van der Waals surface area contributed by atoms with Gasteiger partial charge in [-0.1, -0.05) is 36.7 Å². The van der Waals surface area contributed by atoms with Gasteiger partial charge in [0.2, 0.25) is 0 Å². The number of nitrogens with one attached hydrogen (secondary N) is 1. The molecular formula is C36H33ClF3N3O6. The zero-order valence-electron chi connectivity index (χ0n) is 27.1. The van der Waals surface area contributed by atoms with E-state index in [-0.39, 0.29) is 45.3 Å². The number of hydrogen-bond acceptors (Lipinski definition) is 6. The van der Waals surface area contributed by atoms with Crippen LogP contribution in [0, 0.1) is 6.92 Å². The van der Waals surface area contributed by atoms with Gasteiger partial charge in [-0.2, -0.15) is 13.2 Å². The molecule has 0 radical (unpaired) electrons. The Bertz CT molecular complexity index is 1910. The Morgan fingerprint density at radius 3 is 2.27 bits per heavy atom.